The zero-order chi connectivity index (χ0) is 18.0. The number of nitrogens with one attached hydrogen (secondary N) is 3. The molecule has 0 aliphatic carbocycles. The van der Waals surface area contributed by atoms with Gasteiger partial charge in [0.25, 0.3) is 5.91 Å². The number of anilines is 1. The van der Waals surface area contributed by atoms with Crippen molar-refractivity contribution in [3.05, 3.63) is 64.4 Å². The summed E-state index contributed by atoms with van der Waals surface area (Å²) in [4.78, 5) is 23.6. The second-order valence-electron chi connectivity index (χ2n) is 5.70. The molecule has 25 heavy (non-hydrogen) atoms. The largest absolute Gasteiger partial charge is 0.366 e. The number of carbonyl (C=O) groups excluding carboxylic acids is 2. The highest BCUT2D eigenvalue weighted by atomic mass is 35.5. The van der Waals surface area contributed by atoms with Crippen molar-refractivity contribution in [2.75, 3.05) is 5.32 Å². The monoisotopic (exact) mass is 362 g/mol. The molecule has 2 amide bonds. The summed E-state index contributed by atoms with van der Waals surface area (Å²) in [5.41, 5.74) is 12.0. The predicted molar refractivity (Wildman–Crippen MR) is 92.4 cm³/mol. The van der Waals surface area contributed by atoms with Crippen LogP contribution in [0.5, 0.6) is 0 Å². The Morgan fingerprint density at radius 3 is 2.68 bits per heavy atom. The molecule has 1 fully saturated rings. The molecule has 1 aliphatic rings. The molecule has 130 valence electrons. The van der Waals surface area contributed by atoms with Gasteiger partial charge in [0.05, 0.1) is 5.56 Å². The first kappa shape index (κ1) is 17.3. The molecule has 1 heterocycles. The van der Waals surface area contributed by atoms with Gasteiger partial charge in [0.15, 0.2) is 0 Å². The summed E-state index contributed by atoms with van der Waals surface area (Å²) < 4.78 is 13.5. The number of nitrogens with two attached hydrogens (primary N) is 1. The average molecular weight is 363 g/mol. The van der Waals surface area contributed by atoms with Crippen LogP contribution >= 0.6 is 11.6 Å². The van der Waals surface area contributed by atoms with Gasteiger partial charge in [-0.3, -0.25) is 9.59 Å². The van der Waals surface area contributed by atoms with Crippen molar-refractivity contribution in [2.45, 2.75) is 18.5 Å². The number of hydrogen-bond acceptors (Lipinski definition) is 4. The predicted octanol–water partition coefficient (Wildman–Crippen LogP) is 2.12. The molecule has 2 atom stereocenters. The molecule has 0 aromatic heterocycles. The highest BCUT2D eigenvalue weighted by Crippen LogP contribution is 2.28. The van der Waals surface area contributed by atoms with Crippen molar-refractivity contribution in [1.29, 1.82) is 0 Å². The second kappa shape index (κ2) is 7.18. The third-order valence-electron chi connectivity index (χ3n) is 4.00. The fraction of sp³-hybridized carbons (Fsp3) is 0.176. The summed E-state index contributed by atoms with van der Waals surface area (Å²) in [5.74, 6) is -1.94. The van der Waals surface area contributed by atoms with Crippen LogP contribution in [0.1, 0.15) is 28.4 Å². The zero-order valence-corrected chi connectivity index (χ0v) is 13.8. The van der Waals surface area contributed by atoms with E-state index in [0.29, 0.717) is 17.1 Å². The normalized spacial score (nSPS) is 19.6. The van der Waals surface area contributed by atoms with Gasteiger partial charge in [-0.05, 0) is 36.2 Å². The van der Waals surface area contributed by atoms with E-state index in [4.69, 9.17) is 17.3 Å². The Bertz CT molecular complexity index is 830. The number of rotatable bonds is 4. The van der Waals surface area contributed by atoms with Gasteiger partial charge in [0.1, 0.15) is 11.9 Å². The Morgan fingerprint density at radius 2 is 1.96 bits per heavy atom. The van der Waals surface area contributed by atoms with Gasteiger partial charge in [0, 0.05) is 16.8 Å². The summed E-state index contributed by atoms with van der Waals surface area (Å²) in [6.45, 7) is 0. The van der Waals surface area contributed by atoms with Gasteiger partial charge in [-0.2, -0.15) is 0 Å². The molecule has 0 radical (unpaired) electrons. The first-order chi connectivity index (χ1) is 12.0. The van der Waals surface area contributed by atoms with Crippen molar-refractivity contribution in [3.63, 3.8) is 0 Å². The smallest absolute Gasteiger partial charge is 0.251 e. The summed E-state index contributed by atoms with van der Waals surface area (Å²) in [5, 5.41) is 3.26. The second-order valence-corrected chi connectivity index (χ2v) is 6.11. The molecule has 3 rings (SSSR count). The van der Waals surface area contributed by atoms with Gasteiger partial charge < -0.3 is 11.1 Å². The van der Waals surface area contributed by atoms with Crippen LogP contribution in [0.15, 0.2) is 42.5 Å². The molecule has 5 N–H and O–H groups in total. The van der Waals surface area contributed by atoms with E-state index in [1.807, 2.05) is 18.2 Å². The number of hydrazine groups is 1. The Balaban J connectivity index is 1.68. The van der Waals surface area contributed by atoms with Crippen LogP contribution in [0.2, 0.25) is 5.02 Å². The summed E-state index contributed by atoms with van der Waals surface area (Å²) in [7, 11) is 0. The number of amides is 2. The molecule has 2 aromatic rings. The zero-order valence-electron chi connectivity index (χ0n) is 13.1. The highest BCUT2D eigenvalue weighted by Gasteiger charge is 2.31. The van der Waals surface area contributed by atoms with Crippen LogP contribution in [0.25, 0.3) is 0 Å². The molecular weight excluding hydrogens is 347 g/mol. The van der Waals surface area contributed by atoms with E-state index in [2.05, 4.69) is 16.2 Å². The van der Waals surface area contributed by atoms with E-state index < -0.39 is 17.8 Å². The SMILES string of the molecule is NC(=O)c1cc(NC(=O)C2CC(c3ccccc3Cl)NN2)ccc1F. The average Bonchev–Trinajstić information content (AvgIpc) is 3.06. The molecule has 8 heteroatoms. The Hall–Kier alpha value is -2.48. The quantitative estimate of drug-likeness (QED) is 0.670. The van der Waals surface area contributed by atoms with Crippen molar-refractivity contribution in [3.8, 4) is 0 Å². The van der Waals surface area contributed by atoms with E-state index in [1.165, 1.54) is 12.1 Å². The lowest BCUT2D eigenvalue weighted by molar-refractivity contribution is -0.117. The number of carbonyl (C=O) groups is 2. The number of hydrogen-bond donors (Lipinski definition) is 4. The van der Waals surface area contributed by atoms with E-state index >= 15 is 0 Å². The van der Waals surface area contributed by atoms with Gasteiger partial charge in [-0.1, -0.05) is 29.8 Å². The third kappa shape index (κ3) is 3.79. The fourth-order valence-electron chi connectivity index (χ4n) is 2.71. The number of primary amides is 1. The van der Waals surface area contributed by atoms with Crippen LogP contribution in [0.4, 0.5) is 10.1 Å². The summed E-state index contributed by atoms with van der Waals surface area (Å²) >= 11 is 6.18. The first-order valence-electron chi connectivity index (χ1n) is 7.61. The minimum atomic E-state index is -0.895. The molecule has 2 unspecified atom stereocenters. The summed E-state index contributed by atoms with van der Waals surface area (Å²) in [6, 6.07) is 10.4. The van der Waals surface area contributed by atoms with Gasteiger partial charge in [-0.15, -0.1) is 0 Å². The molecule has 1 saturated heterocycles. The molecule has 1 aliphatic heterocycles. The molecule has 6 nitrogen and oxygen atoms in total. The standard InChI is InChI=1S/C17H16ClFN4O2/c18-12-4-2-1-3-10(12)14-8-15(23-22-14)17(25)21-9-5-6-13(19)11(7-9)16(20)24/h1-7,14-15,22-23H,8H2,(H2,20,24)(H,21,25). The Kier molecular flexibility index (Phi) is 4.98. The lowest BCUT2D eigenvalue weighted by Crippen LogP contribution is -2.39. The van der Waals surface area contributed by atoms with Crippen molar-refractivity contribution < 1.29 is 14.0 Å². The van der Waals surface area contributed by atoms with Crippen LogP contribution in [0.3, 0.4) is 0 Å². The molecule has 0 saturated carbocycles. The van der Waals surface area contributed by atoms with E-state index in [9.17, 15) is 14.0 Å². The lowest BCUT2D eigenvalue weighted by Gasteiger charge is -2.12. The van der Waals surface area contributed by atoms with Crippen LogP contribution in [0, 0.1) is 5.82 Å². The fourth-order valence-corrected chi connectivity index (χ4v) is 2.98. The van der Waals surface area contributed by atoms with Gasteiger partial charge >= 0.3 is 0 Å². The van der Waals surface area contributed by atoms with E-state index in [1.54, 1.807) is 6.07 Å². The van der Waals surface area contributed by atoms with Crippen LogP contribution in [-0.4, -0.2) is 17.9 Å². The van der Waals surface area contributed by atoms with E-state index in [-0.39, 0.29) is 17.5 Å². The Labute approximate surface area is 148 Å². The molecule has 0 bridgehead atoms. The van der Waals surface area contributed by atoms with Gasteiger partial charge in [-0.25, -0.2) is 15.2 Å². The number of halogens is 2. The van der Waals surface area contributed by atoms with Gasteiger partial charge in [0.2, 0.25) is 5.91 Å². The minimum Gasteiger partial charge on any atom is -0.366 e. The topological polar surface area (TPSA) is 96.2 Å². The highest BCUT2D eigenvalue weighted by molar-refractivity contribution is 6.31. The molecular formula is C17H16ClFN4O2. The van der Waals surface area contributed by atoms with E-state index in [0.717, 1.165) is 11.6 Å². The Morgan fingerprint density at radius 1 is 1.20 bits per heavy atom. The maximum atomic E-state index is 13.5. The maximum absolute atomic E-state index is 13.5. The number of benzene rings is 2. The molecule has 2 aromatic carbocycles. The van der Waals surface area contributed by atoms with Crippen molar-refractivity contribution in [1.82, 2.24) is 10.9 Å². The third-order valence-corrected chi connectivity index (χ3v) is 4.34. The minimum absolute atomic E-state index is 0.112. The first-order valence-corrected chi connectivity index (χ1v) is 7.99. The van der Waals surface area contributed by atoms with Crippen LogP contribution in [-0.2, 0) is 4.79 Å². The summed E-state index contributed by atoms with van der Waals surface area (Å²) in [6.07, 6.45) is 0.486. The van der Waals surface area contributed by atoms with Crippen LogP contribution < -0.4 is 21.9 Å². The van der Waals surface area contributed by atoms with Crippen molar-refractivity contribution in [2.24, 2.45) is 5.73 Å². The van der Waals surface area contributed by atoms with Crippen molar-refractivity contribution >= 4 is 29.1 Å². The maximum Gasteiger partial charge on any atom is 0.251 e. The molecule has 0 spiro atoms. The lowest BCUT2D eigenvalue weighted by atomic mass is 10.0.